The molecule has 0 atom stereocenters. The number of carbonyl (C=O) groups is 1. The van der Waals surface area contributed by atoms with Gasteiger partial charge in [0.25, 0.3) is 0 Å². The van der Waals surface area contributed by atoms with E-state index >= 15 is 0 Å². The molecule has 0 fully saturated rings. The first-order valence-corrected chi connectivity index (χ1v) is 8.91. The lowest BCUT2D eigenvalue weighted by Gasteiger charge is -2.07. The van der Waals surface area contributed by atoms with Gasteiger partial charge in [-0.05, 0) is 42.0 Å². The molecule has 0 aliphatic heterocycles. The van der Waals surface area contributed by atoms with Gasteiger partial charge in [0.05, 0.1) is 7.11 Å². The summed E-state index contributed by atoms with van der Waals surface area (Å²) in [6.45, 7) is 0. The van der Waals surface area contributed by atoms with E-state index in [1.807, 2.05) is 0 Å². The topological polar surface area (TPSA) is 89.2 Å². The third-order valence-corrected chi connectivity index (χ3v) is 4.41. The minimum atomic E-state index is -3.66. The van der Waals surface area contributed by atoms with Crippen molar-refractivity contribution in [2.75, 3.05) is 13.4 Å². The number of allylic oxidation sites excluding steroid dienone is 1. The summed E-state index contributed by atoms with van der Waals surface area (Å²) in [4.78, 5) is 11.6. The molecule has 1 heterocycles. The number of aromatic nitrogens is 1. The number of ether oxygens (including phenoxy) is 1. The van der Waals surface area contributed by atoms with Gasteiger partial charge in [-0.2, -0.15) is 5.26 Å². The zero-order valence-electron chi connectivity index (χ0n) is 12.9. The van der Waals surface area contributed by atoms with Crippen LogP contribution in [-0.2, 0) is 14.6 Å². The normalized spacial score (nSPS) is 11.8. The minimum Gasteiger partial charge on any atom is -0.464 e. The highest BCUT2D eigenvalue weighted by molar-refractivity contribution is 7.95. The van der Waals surface area contributed by atoms with Gasteiger partial charge in [-0.3, -0.25) is 0 Å². The van der Waals surface area contributed by atoms with Crippen LogP contribution in [0.3, 0.4) is 0 Å². The molecule has 0 unspecified atom stereocenters. The van der Waals surface area contributed by atoms with E-state index < -0.39 is 20.7 Å². The van der Waals surface area contributed by atoms with Crippen LogP contribution in [0.4, 0.5) is 0 Å². The molecule has 0 radical (unpaired) electrons. The number of sulfone groups is 1. The summed E-state index contributed by atoms with van der Waals surface area (Å²) in [5, 5.41) is 9.53. The summed E-state index contributed by atoms with van der Waals surface area (Å²) in [6, 6.07) is 9.80. The van der Waals surface area contributed by atoms with Crippen molar-refractivity contribution in [3.63, 3.8) is 0 Å². The predicted octanol–water partition coefficient (Wildman–Crippen LogP) is 2.83. The van der Waals surface area contributed by atoms with Gasteiger partial charge >= 0.3 is 5.97 Å². The molecule has 0 saturated carbocycles. The first-order chi connectivity index (χ1) is 11.3. The van der Waals surface area contributed by atoms with E-state index in [1.54, 1.807) is 30.3 Å². The summed E-state index contributed by atoms with van der Waals surface area (Å²) in [5.41, 5.74) is 1.21. The average Bonchev–Trinajstić information content (AvgIpc) is 2.95. The number of halogens is 1. The number of nitriles is 1. The summed E-state index contributed by atoms with van der Waals surface area (Å²) in [5.74, 6) is -0.595. The van der Waals surface area contributed by atoms with Crippen LogP contribution in [0.15, 0.2) is 41.4 Å². The van der Waals surface area contributed by atoms with E-state index in [0.29, 0.717) is 16.3 Å². The third-order valence-electron chi connectivity index (χ3n) is 3.15. The predicted molar refractivity (Wildman–Crippen MR) is 90.6 cm³/mol. The second kappa shape index (κ2) is 6.91. The summed E-state index contributed by atoms with van der Waals surface area (Å²) in [7, 11) is -2.41. The molecule has 1 aromatic carbocycles. The fourth-order valence-corrected chi connectivity index (χ4v) is 2.65. The number of rotatable bonds is 4. The van der Waals surface area contributed by atoms with Crippen LogP contribution >= 0.6 is 11.6 Å². The van der Waals surface area contributed by atoms with E-state index in [9.17, 15) is 13.2 Å². The molecular formula is C16H13ClN2O4S. The summed E-state index contributed by atoms with van der Waals surface area (Å²) in [6.07, 6.45) is 3.69. The number of hydrogen-bond donors (Lipinski definition) is 0. The number of methoxy groups -OCH3 is 1. The third kappa shape index (κ3) is 3.85. The van der Waals surface area contributed by atoms with Crippen LogP contribution in [0.25, 0.3) is 11.8 Å². The van der Waals surface area contributed by atoms with Crippen molar-refractivity contribution in [2.45, 2.75) is 0 Å². The molecule has 0 amide bonds. The van der Waals surface area contributed by atoms with E-state index in [4.69, 9.17) is 21.6 Å². The van der Waals surface area contributed by atoms with Gasteiger partial charge in [0.2, 0.25) is 0 Å². The zero-order valence-corrected chi connectivity index (χ0v) is 14.4. The summed E-state index contributed by atoms with van der Waals surface area (Å²) < 4.78 is 29.4. The molecule has 0 saturated heterocycles. The fourth-order valence-electron chi connectivity index (χ4n) is 2.01. The second-order valence-corrected chi connectivity index (χ2v) is 7.31. The van der Waals surface area contributed by atoms with Crippen molar-refractivity contribution in [3.05, 3.63) is 57.7 Å². The van der Waals surface area contributed by atoms with Crippen LogP contribution in [0, 0.1) is 11.3 Å². The number of nitrogens with zero attached hydrogens (tertiary/aromatic N) is 2. The van der Waals surface area contributed by atoms with Crippen molar-refractivity contribution in [1.82, 2.24) is 4.57 Å². The smallest absolute Gasteiger partial charge is 0.355 e. The van der Waals surface area contributed by atoms with Gasteiger partial charge in [0.1, 0.15) is 16.7 Å². The second-order valence-electron chi connectivity index (χ2n) is 4.89. The average molecular weight is 365 g/mol. The van der Waals surface area contributed by atoms with Gasteiger partial charge in [-0.15, -0.1) is 0 Å². The standard InChI is InChI=1S/C16H13ClN2O4S/c1-23-16(20)15-8-11(7-14(9-18)24(2,21)22)10-19(15)13-5-3-12(17)4-6-13/h3-8,10H,1-2H3/b14-7+. The van der Waals surface area contributed by atoms with Crippen LogP contribution in [0.1, 0.15) is 16.1 Å². The van der Waals surface area contributed by atoms with Crippen LogP contribution in [0.5, 0.6) is 0 Å². The maximum atomic E-state index is 12.0. The molecule has 0 spiro atoms. The number of benzene rings is 1. The van der Waals surface area contributed by atoms with Crippen LogP contribution in [-0.4, -0.2) is 32.3 Å². The molecule has 0 N–H and O–H groups in total. The Morgan fingerprint density at radius 1 is 1.33 bits per heavy atom. The Bertz CT molecular complexity index is 951. The van der Waals surface area contributed by atoms with E-state index in [1.165, 1.54) is 30.0 Å². The lowest BCUT2D eigenvalue weighted by molar-refractivity contribution is 0.0591. The van der Waals surface area contributed by atoms with Crippen LogP contribution < -0.4 is 0 Å². The maximum absolute atomic E-state index is 12.0. The Kier molecular flexibility index (Phi) is 5.12. The molecule has 1 aromatic heterocycles. The highest BCUT2D eigenvalue weighted by atomic mass is 35.5. The van der Waals surface area contributed by atoms with Crippen molar-refractivity contribution in [1.29, 1.82) is 5.26 Å². The first-order valence-electron chi connectivity index (χ1n) is 6.64. The van der Waals surface area contributed by atoms with Gasteiger partial charge in [-0.1, -0.05) is 11.6 Å². The molecule has 8 heteroatoms. The maximum Gasteiger partial charge on any atom is 0.355 e. The van der Waals surface area contributed by atoms with E-state index in [0.717, 1.165) is 6.26 Å². The van der Waals surface area contributed by atoms with Gasteiger partial charge in [0.15, 0.2) is 9.84 Å². The van der Waals surface area contributed by atoms with Gasteiger partial charge in [0, 0.05) is 23.2 Å². The zero-order chi connectivity index (χ0) is 17.9. The van der Waals surface area contributed by atoms with Crippen molar-refractivity contribution in [2.24, 2.45) is 0 Å². The number of esters is 1. The lowest BCUT2D eigenvalue weighted by Crippen LogP contribution is -2.08. The molecule has 6 nitrogen and oxygen atoms in total. The molecule has 0 aliphatic rings. The number of carbonyl (C=O) groups excluding carboxylic acids is 1. The first kappa shape index (κ1) is 17.8. The molecule has 124 valence electrons. The molecule has 24 heavy (non-hydrogen) atoms. The van der Waals surface area contributed by atoms with Crippen molar-refractivity contribution in [3.8, 4) is 11.8 Å². The highest BCUT2D eigenvalue weighted by Crippen LogP contribution is 2.21. The Morgan fingerprint density at radius 3 is 2.46 bits per heavy atom. The molecule has 0 bridgehead atoms. The Balaban J connectivity index is 2.62. The quantitative estimate of drug-likeness (QED) is 0.614. The monoisotopic (exact) mass is 364 g/mol. The SMILES string of the molecule is COC(=O)c1cc(/C=C(\C#N)S(C)(=O)=O)cn1-c1ccc(Cl)cc1. The van der Waals surface area contributed by atoms with Gasteiger partial charge in [-0.25, -0.2) is 13.2 Å². The molecular weight excluding hydrogens is 352 g/mol. The Labute approximate surface area is 144 Å². The number of hydrogen-bond acceptors (Lipinski definition) is 5. The Hall–Kier alpha value is -2.56. The molecule has 2 aromatic rings. The van der Waals surface area contributed by atoms with E-state index in [2.05, 4.69) is 0 Å². The summed E-state index contributed by atoms with van der Waals surface area (Å²) >= 11 is 5.86. The van der Waals surface area contributed by atoms with Crippen molar-refractivity contribution < 1.29 is 17.9 Å². The Morgan fingerprint density at radius 2 is 1.96 bits per heavy atom. The minimum absolute atomic E-state index is 0.192. The largest absolute Gasteiger partial charge is 0.464 e. The fraction of sp³-hybridized carbons (Fsp3) is 0.125. The van der Waals surface area contributed by atoms with E-state index in [-0.39, 0.29) is 5.69 Å². The molecule has 2 rings (SSSR count). The highest BCUT2D eigenvalue weighted by Gasteiger charge is 2.17. The van der Waals surface area contributed by atoms with Crippen LogP contribution in [0.2, 0.25) is 5.02 Å². The van der Waals surface area contributed by atoms with Crippen molar-refractivity contribution >= 4 is 33.5 Å². The lowest BCUT2D eigenvalue weighted by atomic mass is 10.3. The molecule has 0 aliphatic carbocycles. The van der Waals surface area contributed by atoms with Gasteiger partial charge < -0.3 is 9.30 Å².